The van der Waals surface area contributed by atoms with E-state index in [1.165, 1.54) is 25.7 Å². The highest BCUT2D eigenvalue weighted by molar-refractivity contribution is 6.00. The molecule has 0 radical (unpaired) electrons. The van der Waals surface area contributed by atoms with Crippen molar-refractivity contribution >= 4 is 17.0 Å². The minimum atomic E-state index is -0.952. The van der Waals surface area contributed by atoms with Crippen LogP contribution in [-0.4, -0.2) is 26.1 Å². The first-order valence-electron chi connectivity index (χ1n) is 6.71. The Labute approximate surface area is 111 Å². The quantitative estimate of drug-likeness (QED) is 0.896. The molecular weight excluding hydrogens is 242 g/mol. The third kappa shape index (κ3) is 2.09. The molecule has 0 saturated heterocycles. The Bertz CT molecular complexity index is 629. The molecule has 0 bridgehead atoms. The third-order valence-electron chi connectivity index (χ3n) is 4.00. The topological polar surface area (TPSA) is 68.0 Å². The molecule has 100 valence electrons. The molecule has 0 aliphatic heterocycles. The van der Waals surface area contributed by atoms with Crippen molar-refractivity contribution < 1.29 is 9.90 Å². The molecule has 0 spiro atoms. The van der Waals surface area contributed by atoms with Crippen molar-refractivity contribution in [3.8, 4) is 0 Å². The van der Waals surface area contributed by atoms with Gasteiger partial charge in [-0.05, 0) is 36.8 Å². The van der Waals surface area contributed by atoms with Crippen molar-refractivity contribution in [2.75, 3.05) is 0 Å². The predicted octanol–water partition coefficient (Wildman–Crippen LogP) is 2.71. The molecule has 1 N–H and O–H groups in total. The zero-order valence-electron chi connectivity index (χ0n) is 11.0. The SMILES string of the molecule is CCCC1(Cn2nnc3c(C(=O)O)cccc32)CC1. The number of aromatic carboxylic acids is 1. The standard InChI is InChI=1S/C14H17N3O2/c1-2-6-14(7-8-14)9-17-11-5-3-4-10(13(18)19)12(11)15-16-17/h3-5H,2,6-9H2,1H3,(H,18,19). The van der Waals surface area contributed by atoms with E-state index in [-0.39, 0.29) is 5.56 Å². The minimum absolute atomic E-state index is 0.226. The molecule has 1 aliphatic rings. The highest BCUT2D eigenvalue weighted by Gasteiger charge is 2.42. The number of carboxylic acid groups (broad SMARTS) is 1. The highest BCUT2D eigenvalue weighted by Crippen LogP contribution is 2.51. The summed E-state index contributed by atoms with van der Waals surface area (Å²) < 4.78 is 1.87. The molecule has 1 saturated carbocycles. The van der Waals surface area contributed by atoms with Crippen molar-refractivity contribution in [3.05, 3.63) is 23.8 Å². The summed E-state index contributed by atoms with van der Waals surface area (Å²) >= 11 is 0. The summed E-state index contributed by atoms with van der Waals surface area (Å²) in [5.74, 6) is -0.952. The zero-order valence-corrected chi connectivity index (χ0v) is 11.0. The van der Waals surface area contributed by atoms with Crippen molar-refractivity contribution in [2.24, 2.45) is 5.41 Å². The van der Waals surface area contributed by atoms with Gasteiger partial charge in [-0.2, -0.15) is 0 Å². The van der Waals surface area contributed by atoms with Crippen LogP contribution in [0.4, 0.5) is 0 Å². The summed E-state index contributed by atoms with van der Waals surface area (Å²) in [5.41, 5.74) is 1.91. The van der Waals surface area contributed by atoms with Crippen LogP contribution in [0.1, 0.15) is 43.0 Å². The summed E-state index contributed by atoms with van der Waals surface area (Å²) in [6, 6.07) is 5.22. The van der Waals surface area contributed by atoms with Gasteiger partial charge >= 0.3 is 5.97 Å². The lowest BCUT2D eigenvalue weighted by molar-refractivity contribution is 0.0699. The van der Waals surface area contributed by atoms with Crippen LogP contribution in [-0.2, 0) is 6.54 Å². The summed E-state index contributed by atoms with van der Waals surface area (Å²) in [6.07, 6.45) is 4.85. The fourth-order valence-corrected chi connectivity index (χ4v) is 2.79. The fourth-order valence-electron chi connectivity index (χ4n) is 2.79. The van der Waals surface area contributed by atoms with Crippen molar-refractivity contribution in [1.82, 2.24) is 15.0 Å². The number of fused-ring (bicyclic) bond motifs is 1. The number of hydrogen-bond donors (Lipinski definition) is 1. The molecule has 1 aromatic carbocycles. The zero-order chi connectivity index (χ0) is 13.5. The van der Waals surface area contributed by atoms with Crippen LogP contribution in [0.25, 0.3) is 11.0 Å². The second-order valence-electron chi connectivity index (χ2n) is 5.48. The van der Waals surface area contributed by atoms with E-state index in [9.17, 15) is 4.79 Å². The minimum Gasteiger partial charge on any atom is -0.478 e. The first-order valence-corrected chi connectivity index (χ1v) is 6.71. The van der Waals surface area contributed by atoms with Crippen LogP contribution in [0.3, 0.4) is 0 Å². The Kier molecular flexibility index (Phi) is 2.77. The van der Waals surface area contributed by atoms with Crippen LogP contribution in [0.15, 0.2) is 18.2 Å². The van der Waals surface area contributed by atoms with Gasteiger partial charge in [0.15, 0.2) is 0 Å². The Morgan fingerprint density at radius 1 is 1.47 bits per heavy atom. The second kappa shape index (κ2) is 4.33. The maximum atomic E-state index is 11.1. The lowest BCUT2D eigenvalue weighted by Gasteiger charge is -2.13. The predicted molar refractivity (Wildman–Crippen MR) is 71.1 cm³/mol. The first-order chi connectivity index (χ1) is 9.15. The van der Waals surface area contributed by atoms with Gasteiger partial charge < -0.3 is 5.11 Å². The van der Waals surface area contributed by atoms with Gasteiger partial charge in [0, 0.05) is 6.54 Å². The van der Waals surface area contributed by atoms with Gasteiger partial charge in [0.05, 0.1) is 11.1 Å². The number of rotatable bonds is 5. The Morgan fingerprint density at radius 2 is 2.26 bits per heavy atom. The molecule has 0 amide bonds. The molecule has 1 heterocycles. The molecule has 1 fully saturated rings. The molecule has 2 aromatic rings. The lowest BCUT2D eigenvalue weighted by Crippen LogP contribution is -2.12. The summed E-state index contributed by atoms with van der Waals surface area (Å²) in [5, 5.41) is 17.3. The van der Waals surface area contributed by atoms with E-state index in [4.69, 9.17) is 5.11 Å². The van der Waals surface area contributed by atoms with Gasteiger partial charge in [0.2, 0.25) is 0 Å². The van der Waals surface area contributed by atoms with Gasteiger partial charge in [-0.25, -0.2) is 9.48 Å². The molecule has 0 unspecified atom stereocenters. The van der Waals surface area contributed by atoms with E-state index < -0.39 is 5.97 Å². The Hall–Kier alpha value is -1.91. The smallest absolute Gasteiger partial charge is 0.338 e. The molecular formula is C14H17N3O2. The van der Waals surface area contributed by atoms with Gasteiger partial charge in [-0.15, -0.1) is 5.10 Å². The van der Waals surface area contributed by atoms with Crippen LogP contribution >= 0.6 is 0 Å². The second-order valence-corrected chi connectivity index (χ2v) is 5.48. The maximum absolute atomic E-state index is 11.1. The number of carboxylic acids is 1. The van der Waals surface area contributed by atoms with E-state index in [2.05, 4.69) is 17.2 Å². The van der Waals surface area contributed by atoms with Crippen LogP contribution < -0.4 is 0 Å². The van der Waals surface area contributed by atoms with E-state index in [0.717, 1.165) is 12.1 Å². The van der Waals surface area contributed by atoms with E-state index >= 15 is 0 Å². The van der Waals surface area contributed by atoms with Gasteiger partial charge in [0.25, 0.3) is 0 Å². The van der Waals surface area contributed by atoms with Crippen LogP contribution in [0.2, 0.25) is 0 Å². The molecule has 3 rings (SSSR count). The number of aromatic nitrogens is 3. The van der Waals surface area contributed by atoms with Gasteiger partial charge in [-0.3, -0.25) is 0 Å². The number of hydrogen-bond acceptors (Lipinski definition) is 3. The summed E-state index contributed by atoms with van der Waals surface area (Å²) in [4.78, 5) is 11.1. The van der Waals surface area contributed by atoms with Gasteiger partial charge in [0.1, 0.15) is 5.52 Å². The van der Waals surface area contributed by atoms with E-state index in [1.54, 1.807) is 12.1 Å². The number of nitrogens with zero attached hydrogens (tertiary/aromatic N) is 3. The molecule has 19 heavy (non-hydrogen) atoms. The van der Waals surface area contributed by atoms with Crippen molar-refractivity contribution in [1.29, 1.82) is 0 Å². The largest absolute Gasteiger partial charge is 0.478 e. The summed E-state index contributed by atoms with van der Waals surface area (Å²) in [7, 11) is 0. The molecule has 1 aromatic heterocycles. The normalized spacial score (nSPS) is 16.7. The van der Waals surface area contributed by atoms with Crippen molar-refractivity contribution in [3.63, 3.8) is 0 Å². The van der Waals surface area contributed by atoms with Crippen LogP contribution in [0.5, 0.6) is 0 Å². The molecule has 5 heteroatoms. The van der Waals surface area contributed by atoms with Crippen LogP contribution in [0, 0.1) is 5.41 Å². The third-order valence-corrected chi connectivity index (χ3v) is 4.00. The van der Waals surface area contributed by atoms with Gasteiger partial charge in [-0.1, -0.05) is 24.6 Å². The number of benzene rings is 1. The maximum Gasteiger partial charge on any atom is 0.338 e. The monoisotopic (exact) mass is 259 g/mol. The molecule has 1 aliphatic carbocycles. The average Bonchev–Trinajstić information content (AvgIpc) is 3.02. The lowest BCUT2D eigenvalue weighted by atomic mass is 10.0. The first kappa shape index (κ1) is 12.1. The fraction of sp³-hybridized carbons (Fsp3) is 0.500. The summed E-state index contributed by atoms with van der Waals surface area (Å²) in [6.45, 7) is 3.04. The Morgan fingerprint density at radius 3 is 2.89 bits per heavy atom. The van der Waals surface area contributed by atoms with E-state index in [1.807, 2.05) is 10.7 Å². The Balaban J connectivity index is 1.97. The van der Waals surface area contributed by atoms with Crippen molar-refractivity contribution in [2.45, 2.75) is 39.2 Å². The molecule has 5 nitrogen and oxygen atoms in total. The van der Waals surface area contributed by atoms with E-state index in [0.29, 0.717) is 10.9 Å². The highest BCUT2D eigenvalue weighted by atomic mass is 16.4. The number of carbonyl (C=O) groups is 1. The average molecular weight is 259 g/mol. The molecule has 0 atom stereocenters.